The summed E-state index contributed by atoms with van der Waals surface area (Å²) in [5, 5.41) is 12.2. The first-order valence-electron chi connectivity index (χ1n) is 6.19. The fourth-order valence-corrected chi connectivity index (χ4v) is 2.21. The molecule has 1 aliphatic heterocycles. The lowest BCUT2D eigenvalue weighted by Gasteiger charge is -2.30. The van der Waals surface area contributed by atoms with Crippen LogP contribution in [0.4, 0.5) is 5.82 Å². The zero-order valence-corrected chi connectivity index (χ0v) is 11.0. The Morgan fingerprint density at radius 1 is 1.53 bits per heavy atom. The average Bonchev–Trinajstić information content (AvgIpc) is 2.33. The molecule has 1 aliphatic rings. The molecule has 0 aromatic carbocycles. The van der Waals surface area contributed by atoms with Gasteiger partial charge in [-0.15, -0.1) is 0 Å². The summed E-state index contributed by atoms with van der Waals surface area (Å²) < 4.78 is 0. The monoisotopic (exact) mass is 263 g/mol. The van der Waals surface area contributed by atoms with Crippen LogP contribution in [0.5, 0.6) is 0 Å². The minimum atomic E-state index is -0.973. The molecule has 2 heterocycles. The molecule has 1 saturated heterocycles. The summed E-state index contributed by atoms with van der Waals surface area (Å²) in [6.45, 7) is 2.31. The number of carboxylic acids is 1. The van der Waals surface area contributed by atoms with Gasteiger partial charge in [0.25, 0.3) is 0 Å². The van der Waals surface area contributed by atoms with Crippen molar-refractivity contribution in [1.29, 1.82) is 0 Å². The number of amides is 1. The van der Waals surface area contributed by atoms with Crippen LogP contribution in [0.25, 0.3) is 0 Å². The molecule has 19 heavy (non-hydrogen) atoms. The number of carbonyl (C=O) groups is 2. The summed E-state index contributed by atoms with van der Waals surface area (Å²) in [4.78, 5) is 28.2. The van der Waals surface area contributed by atoms with Gasteiger partial charge in [-0.05, 0) is 25.5 Å². The van der Waals surface area contributed by atoms with Crippen molar-refractivity contribution in [3.8, 4) is 0 Å². The van der Waals surface area contributed by atoms with Crippen LogP contribution in [0, 0.1) is 6.92 Å². The maximum Gasteiger partial charge on any atom is 0.337 e. The number of nitrogens with zero attached hydrogens (tertiary/aromatic N) is 2. The van der Waals surface area contributed by atoms with Gasteiger partial charge < -0.3 is 15.3 Å². The first-order chi connectivity index (χ1) is 8.97. The van der Waals surface area contributed by atoms with E-state index in [1.165, 1.54) is 0 Å². The molecule has 6 heteroatoms. The number of likely N-dealkylation sites (tertiary alicyclic amines) is 1. The van der Waals surface area contributed by atoms with Gasteiger partial charge in [0.05, 0.1) is 11.3 Å². The molecule has 1 amide bonds. The Balaban J connectivity index is 2.06. The zero-order valence-electron chi connectivity index (χ0n) is 11.0. The molecule has 102 valence electrons. The van der Waals surface area contributed by atoms with E-state index in [9.17, 15) is 9.59 Å². The lowest BCUT2D eigenvalue weighted by atomic mass is 10.1. The van der Waals surface area contributed by atoms with Crippen molar-refractivity contribution >= 4 is 17.7 Å². The van der Waals surface area contributed by atoms with E-state index in [1.54, 1.807) is 31.0 Å². The van der Waals surface area contributed by atoms with Gasteiger partial charge >= 0.3 is 5.97 Å². The Morgan fingerprint density at radius 3 is 2.84 bits per heavy atom. The summed E-state index contributed by atoms with van der Waals surface area (Å²) >= 11 is 0. The molecule has 0 aliphatic carbocycles. The Bertz CT molecular complexity index is 516. The topological polar surface area (TPSA) is 82.5 Å². The van der Waals surface area contributed by atoms with Crippen LogP contribution in [0.1, 0.15) is 28.9 Å². The van der Waals surface area contributed by atoms with E-state index in [-0.39, 0.29) is 17.5 Å². The van der Waals surface area contributed by atoms with Gasteiger partial charge in [-0.25, -0.2) is 9.78 Å². The van der Waals surface area contributed by atoms with Gasteiger partial charge in [0.15, 0.2) is 0 Å². The molecule has 1 atom stereocenters. The number of carboxylic acid groups (broad SMARTS) is 1. The van der Waals surface area contributed by atoms with Crippen LogP contribution < -0.4 is 5.32 Å². The largest absolute Gasteiger partial charge is 0.478 e. The first-order valence-corrected chi connectivity index (χ1v) is 6.19. The molecule has 1 unspecified atom stereocenters. The molecular formula is C13H17N3O3. The van der Waals surface area contributed by atoms with Crippen molar-refractivity contribution in [2.24, 2.45) is 0 Å². The van der Waals surface area contributed by atoms with Crippen LogP contribution in [0.2, 0.25) is 0 Å². The molecule has 2 N–H and O–H groups in total. The number of piperidine rings is 1. The fraction of sp³-hybridized carbons (Fsp3) is 0.462. The zero-order chi connectivity index (χ0) is 14.0. The van der Waals surface area contributed by atoms with Crippen molar-refractivity contribution < 1.29 is 14.7 Å². The van der Waals surface area contributed by atoms with E-state index < -0.39 is 5.97 Å². The van der Waals surface area contributed by atoms with Crippen LogP contribution >= 0.6 is 0 Å². The summed E-state index contributed by atoms with van der Waals surface area (Å²) in [6.07, 6.45) is 1.30. The molecule has 0 bridgehead atoms. The van der Waals surface area contributed by atoms with Gasteiger partial charge in [0, 0.05) is 26.1 Å². The molecule has 0 spiro atoms. The number of rotatable bonds is 3. The van der Waals surface area contributed by atoms with Crippen LogP contribution in [0.3, 0.4) is 0 Å². The molecule has 6 nitrogen and oxygen atoms in total. The highest BCUT2D eigenvalue weighted by molar-refractivity contribution is 5.89. The van der Waals surface area contributed by atoms with Crippen molar-refractivity contribution in [3.63, 3.8) is 0 Å². The Morgan fingerprint density at radius 2 is 2.26 bits per heavy atom. The Hall–Kier alpha value is -2.11. The number of likely N-dealkylation sites (N-methyl/N-ethyl adjacent to an activating group) is 1. The second-order valence-electron chi connectivity index (χ2n) is 4.79. The van der Waals surface area contributed by atoms with Crippen LogP contribution in [-0.2, 0) is 4.79 Å². The SMILES string of the molecule is Cc1nc(NC2CCC(=O)N(C)C2)ccc1C(=O)O. The normalized spacial score (nSPS) is 19.4. The number of hydrogen-bond acceptors (Lipinski definition) is 4. The second kappa shape index (κ2) is 5.26. The number of nitrogens with one attached hydrogen (secondary N) is 1. The third kappa shape index (κ3) is 3.01. The lowest BCUT2D eigenvalue weighted by molar-refractivity contribution is -0.132. The van der Waals surface area contributed by atoms with E-state index in [2.05, 4.69) is 10.3 Å². The minimum Gasteiger partial charge on any atom is -0.478 e. The quantitative estimate of drug-likeness (QED) is 0.854. The van der Waals surface area contributed by atoms with Gasteiger partial charge in [0.2, 0.25) is 5.91 Å². The number of aromatic carboxylic acids is 1. The standard InChI is InChI=1S/C13H17N3O3/c1-8-10(13(18)19)4-5-11(14-8)15-9-3-6-12(17)16(2)7-9/h4-5,9H,3,6-7H2,1-2H3,(H,14,15)(H,18,19). The van der Waals surface area contributed by atoms with E-state index >= 15 is 0 Å². The molecule has 2 rings (SSSR count). The number of pyridine rings is 1. The molecule has 1 aromatic rings. The van der Waals surface area contributed by atoms with Gasteiger partial charge in [0.1, 0.15) is 5.82 Å². The Kier molecular flexibility index (Phi) is 3.69. The third-order valence-corrected chi connectivity index (χ3v) is 3.29. The summed E-state index contributed by atoms with van der Waals surface area (Å²) in [5.74, 6) is -0.168. The molecule has 1 aromatic heterocycles. The number of carbonyl (C=O) groups excluding carboxylic acids is 1. The highest BCUT2D eigenvalue weighted by Gasteiger charge is 2.23. The van der Waals surface area contributed by atoms with E-state index in [1.807, 2.05) is 0 Å². The van der Waals surface area contributed by atoms with Crippen molar-refractivity contribution in [2.45, 2.75) is 25.8 Å². The first kappa shape index (κ1) is 13.3. The lowest BCUT2D eigenvalue weighted by Crippen LogP contribution is -2.43. The van der Waals surface area contributed by atoms with Gasteiger partial charge in [-0.1, -0.05) is 0 Å². The highest BCUT2D eigenvalue weighted by atomic mass is 16.4. The summed E-state index contributed by atoms with van der Waals surface area (Å²) in [5.41, 5.74) is 0.694. The number of anilines is 1. The fourth-order valence-electron chi connectivity index (χ4n) is 2.21. The second-order valence-corrected chi connectivity index (χ2v) is 4.79. The predicted molar refractivity (Wildman–Crippen MR) is 70.2 cm³/mol. The maximum absolute atomic E-state index is 11.4. The van der Waals surface area contributed by atoms with E-state index in [0.717, 1.165) is 6.42 Å². The van der Waals surface area contributed by atoms with Crippen molar-refractivity contribution in [3.05, 3.63) is 23.4 Å². The molecule has 0 radical (unpaired) electrons. The highest BCUT2D eigenvalue weighted by Crippen LogP contribution is 2.16. The van der Waals surface area contributed by atoms with Crippen LogP contribution in [-0.4, -0.2) is 46.5 Å². The molecule has 1 fully saturated rings. The number of hydrogen-bond donors (Lipinski definition) is 2. The summed E-state index contributed by atoms with van der Waals surface area (Å²) in [7, 11) is 1.78. The van der Waals surface area contributed by atoms with Gasteiger partial charge in [-0.3, -0.25) is 4.79 Å². The van der Waals surface area contributed by atoms with Crippen LogP contribution in [0.15, 0.2) is 12.1 Å². The number of aryl methyl sites for hydroxylation is 1. The van der Waals surface area contributed by atoms with Gasteiger partial charge in [-0.2, -0.15) is 0 Å². The van der Waals surface area contributed by atoms with E-state index in [0.29, 0.717) is 24.5 Å². The number of aromatic nitrogens is 1. The maximum atomic E-state index is 11.4. The third-order valence-electron chi connectivity index (χ3n) is 3.29. The Labute approximate surface area is 111 Å². The molecule has 0 saturated carbocycles. The van der Waals surface area contributed by atoms with E-state index in [4.69, 9.17) is 5.11 Å². The molecular weight excluding hydrogens is 246 g/mol. The summed E-state index contributed by atoms with van der Waals surface area (Å²) in [6, 6.07) is 3.36. The smallest absolute Gasteiger partial charge is 0.337 e. The van der Waals surface area contributed by atoms with Crippen molar-refractivity contribution in [1.82, 2.24) is 9.88 Å². The average molecular weight is 263 g/mol. The predicted octanol–water partition coefficient (Wildman–Crippen LogP) is 1.12. The van der Waals surface area contributed by atoms with Crippen molar-refractivity contribution in [2.75, 3.05) is 18.9 Å². The minimum absolute atomic E-state index is 0.156.